The molecule has 0 N–H and O–H groups in total. The standard InChI is InChI=1S/C19H24N4O2/c1-15-8-10-20-23(15)11-9-19(25)22-13-12-21(16(2)24)14-18(22)17-6-4-3-5-7-17/h3-8,10,18H,9,11-14H2,1-2H3/t18-/m0/s1. The van der Waals surface area contributed by atoms with Crippen LogP contribution in [0.1, 0.15) is 30.6 Å². The number of carbonyl (C=O) groups is 2. The molecule has 2 aromatic rings. The average molecular weight is 340 g/mol. The van der Waals surface area contributed by atoms with Crippen LogP contribution in [-0.2, 0) is 16.1 Å². The molecule has 1 aromatic heterocycles. The number of benzene rings is 1. The second kappa shape index (κ2) is 7.51. The van der Waals surface area contributed by atoms with Gasteiger partial charge in [-0.1, -0.05) is 30.3 Å². The van der Waals surface area contributed by atoms with Crippen molar-refractivity contribution in [2.24, 2.45) is 0 Å². The van der Waals surface area contributed by atoms with Crippen LogP contribution in [0, 0.1) is 6.92 Å². The molecular weight excluding hydrogens is 316 g/mol. The van der Waals surface area contributed by atoms with Crippen molar-refractivity contribution in [1.29, 1.82) is 0 Å². The summed E-state index contributed by atoms with van der Waals surface area (Å²) in [6.07, 6.45) is 2.16. The van der Waals surface area contributed by atoms with Crippen LogP contribution in [-0.4, -0.2) is 51.0 Å². The van der Waals surface area contributed by atoms with E-state index in [4.69, 9.17) is 0 Å². The highest BCUT2D eigenvalue weighted by atomic mass is 16.2. The Kier molecular flexibility index (Phi) is 5.16. The minimum absolute atomic E-state index is 0.0557. The molecule has 1 atom stereocenters. The fourth-order valence-corrected chi connectivity index (χ4v) is 3.31. The summed E-state index contributed by atoms with van der Waals surface area (Å²) >= 11 is 0. The van der Waals surface area contributed by atoms with Crippen molar-refractivity contribution in [2.75, 3.05) is 19.6 Å². The fraction of sp³-hybridized carbons (Fsp3) is 0.421. The predicted molar refractivity (Wildman–Crippen MR) is 94.7 cm³/mol. The molecule has 0 aliphatic carbocycles. The number of amides is 2. The number of hydrogen-bond donors (Lipinski definition) is 0. The normalized spacial score (nSPS) is 17.6. The van der Waals surface area contributed by atoms with E-state index >= 15 is 0 Å². The van der Waals surface area contributed by atoms with Gasteiger partial charge in [0.1, 0.15) is 0 Å². The molecule has 2 amide bonds. The lowest BCUT2D eigenvalue weighted by Gasteiger charge is -2.41. The number of nitrogens with zero attached hydrogens (tertiary/aromatic N) is 4. The van der Waals surface area contributed by atoms with Gasteiger partial charge in [0, 0.05) is 51.4 Å². The summed E-state index contributed by atoms with van der Waals surface area (Å²) < 4.78 is 1.85. The van der Waals surface area contributed by atoms with Crippen molar-refractivity contribution >= 4 is 11.8 Å². The number of hydrogen-bond acceptors (Lipinski definition) is 3. The highest BCUT2D eigenvalue weighted by molar-refractivity contribution is 5.78. The van der Waals surface area contributed by atoms with Gasteiger partial charge in [-0.25, -0.2) is 0 Å². The van der Waals surface area contributed by atoms with Gasteiger partial charge in [0.05, 0.1) is 6.04 Å². The second-order valence-corrected chi connectivity index (χ2v) is 6.42. The zero-order valence-corrected chi connectivity index (χ0v) is 14.8. The SMILES string of the molecule is CC(=O)N1CCN(C(=O)CCn2nccc2C)[C@H](c2ccccc2)C1. The maximum atomic E-state index is 12.8. The third-order valence-electron chi connectivity index (χ3n) is 4.80. The average Bonchev–Trinajstić information content (AvgIpc) is 3.04. The Balaban J connectivity index is 1.74. The van der Waals surface area contributed by atoms with Crippen LogP contribution in [0.5, 0.6) is 0 Å². The van der Waals surface area contributed by atoms with Crippen molar-refractivity contribution in [2.45, 2.75) is 32.9 Å². The van der Waals surface area contributed by atoms with Crippen molar-refractivity contribution in [3.05, 3.63) is 53.9 Å². The van der Waals surface area contributed by atoms with Crippen LogP contribution in [0.2, 0.25) is 0 Å². The minimum atomic E-state index is -0.0925. The van der Waals surface area contributed by atoms with Gasteiger partial charge in [-0.2, -0.15) is 5.10 Å². The van der Waals surface area contributed by atoms with E-state index in [1.807, 2.05) is 57.8 Å². The maximum Gasteiger partial charge on any atom is 0.225 e. The van der Waals surface area contributed by atoms with Crippen LogP contribution in [0.3, 0.4) is 0 Å². The first-order chi connectivity index (χ1) is 12.1. The molecule has 3 rings (SSSR count). The third-order valence-corrected chi connectivity index (χ3v) is 4.80. The Morgan fingerprint density at radius 1 is 1.16 bits per heavy atom. The molecular formula is C19H24N4O2. The monoisotopic (exact) mass is 340 g/mol. The van der Waals surface area contributed by atoms with E-state index in [1.165, 1.54) is 0 Å². The summed E-state index contributed by atoms with van der Waals surface area (Å²) in [5.74, 6) is 0.159. The van der Waals surface area contributed by atoms with Gasteiger partial charge in [0.2, 0.25) is 11.8 Å². The lowest BCUT2D eigenvalue weighted by molar-refractivity contribution is -0.142. The summed E-state index contributed by atoms with van der Waals surface area (Å²) in [5, 5.41) is 4.24. The Morgan fingerprint density at radius 3 is 2.56 bits per heavy atom. The summed E-state index contributed by atoms with van der Waals surface area (Å²) in [7, 11) is 0. The fourth-order valence-electron chi connectivity index (χ4n) is 3.31. The summed E-state index contributed by atoms with van der Waals surface area (Å²) in [6, 6.07) is 11.8. The topological polar surface area (TPSA) is 58.4 Å². The first-order valence-corrected chi connectivity index (χ1v) is 8.64. The van der Waals surface area contributed by atoms with Gasteiger partial charge in [0.15, 0.2) is 0 Å². The van der Waals surface area contributed by atoms with E-state index in [9.17, 15) is 9.59 Å². The van der Waals surface area contributed by atoms with Gasteiger partial charge in [-0.15, -0.1) is 0 Å². The van der Waals surface area contributed by atoms with E-state index in [1.54, 1.807) is 13.1 Å². The van der Waals surface area contributed by atoms with E-state index in [-0.39, 0.29) is 17.9 Å². The van der Waals surface area contributed by atoms with Gasteiger partial charge >= 0.3 is 0 Å². The van der Waals surface area contributed by atoms with Crippen LogP contribution >= 0.6 is 0 Å². The molecule has 1 aromatic carbocycles. The molecule has 0 bridgehead atoms. The Hall–Kier alpha value is -2.63. The van der Waals surface area contributed by atoms with Crippen LogP contribution in [0.4, 0.5) is 0 Å². The molecule has 0 radical (unpaired) electrons. The van der Waals surface area contributed by atoms with Crippen LogP contribution in [0.25, 0.3) is 0 Å². The van der Waals surface area contributed by atoms with Crippen molar-refractivity contribution < 1.29 is 9.59 Å². The molecule has 1 saturated heterocycles. The quantitative estimate of drug-likeness (QED) is 0.855. The van der Waals surface area contributed by atoms with Gasteiger partial charge in [-0.3, -0.25) is 14.3 Å². The number of aromatic nitrogens is 2. The molecule has 1 aliphatic rings. The van der Waals surface area contributed by atoms with Crippen molar-refractivity contribution in [1.82, 2.24) is 19.6 Å². The smallest absolute Gasteiger partial charge is 0.225 e. The van der Waals surface area contributed by atoms with E-state index in [0.717, 1.165) is 11.3 Å². The molecule has 25 heavy (non-hydrogen) atoms. The summed E-state index contributed by atoms with van der Waals surface area (Å²) in [5.41, 5.74) is 2.12. The zero-order valence-electron chi connectivity index (χ0n) is 14.8. The molecule has 6 nitrogen and oxygen atoms in total. The van der Waals surface area contributed by atoms with Gasteiger partial charge in [0.25, 0.3) is 0 Å². The van der Waals surface area contributed by atoms with Crippen LogP contribution < -0.4 is 0 Å². The highest BCUT2D eigenvalue weighted by Crippen LogP contribution is 2.26. The lowest BCUT2D eigenvalue weighted by Crippen LogP contribution is -2.52. The Labute approximate surface area is 148 Å². The van der Waals surface area contributed by atoms with Crippen LogP contribution in [0.15, 0.2) is 42.6 Å². The molecule has 132 valence electrons. The third kappa shape index (κ3) is 3.90. The van der Waals surface area contributed by atoms with E-state index < -0.39 is 0 Å². The highest BCUT2D eigenvalue weighted by Gasteiger charge is 2.32. The Bertz CT molecular complexity index is 741. The van der Waals surface area contributed by atoms with E-state index in [0.29, 0.717) is 32.6 Å². The molecule has 1 aliphatic heterocycles. The predicted octanol–water partition coefficient (Wildman–Crippen LogP) is 2.01. The molecule has 1 fully saturated rings. The summed E-state index contributed by atoms with van der Waals surface area (Å²) in [4.78, 5) is 28.4. The second-order valence-electron chi connectivity index (χ2n) is 6.42. The molecule has 6 heteroatoms. The first-order valence-electron chi connectivity index (χ1n) is 8.64. The Morgan fingerprint density at radius 2 is 1.92 bits per heavy atom. The molecule has 0 saturated carbocycles. The van der Waals surface area contributed by atoms with Crippen molar-refractivity contribution in [3.63, 3.8) is 0 Å². The zero-order chi connectivity index (χ0) is 17.8. The maximum absolute atomic E-state index is 12.8. The molecule has 2 heterocycles. The number of piperazine rings is 1. The number of aryl methyl sites for hydroxylation is 2. The van der Waals surface area contributed by atoms with Crippen molar-refractivity contribution in [3.8, 4) is 0 Å². The number of carbonyl (C=O) groups excluding carboxylic acids is 2. The molecule has 0 unspecified atom stereocenters. The largest absolute Gasteiger partial charge is 0.339 e. The van der Waals surface area contributed by atoms with E-state index in [2.05, 4.69) is 5.10 Å². The molecule has 0 spiro atoms. The lowest BCUT2D eigenvalue weighted by atomic mass is 10.0. The first kappa shape index (κ1) is 17.2. The van der Waals surface area contributed by atoms with Gasteiger partial charge < -0.3 is 9.80 Å². The summed E-state index contributed by atoms with van der Waals surface area (Å²) in [6.45, 7) is 5.84. The number of rotatable bonds is 4. The minimum Gasteiger partial charge on any atom is -0.339 e. The van der Waals surface area contributed by atoms with Gasteiger partial charge in [-0.05, 0) is 18.6 Å².